The van der Waals surface area contributed by atoms with Crippen molar-refractivity contribution in [3.05, 3.63) is 112 Å². The summed E-state index contributed by atoms with van der Waals surface area (Å²) < 4.78 is 15.4. The van der Waals surface area contributed by atoms with Crippen LogP contribution in [0.15, 0.2) is 72.8 Å². The van der Waals surface area contributed by atoms with Crippen LogP contribution in [-0.4, -0.2) is 19.9 Å². The lowest BCUT2D eigenvalue weighted by atomic mass is 9.36. The Morgan fingerprint density at radius 2 is 1.04 bits per heavy atom. The molecule has 0 amide bonds. The molecule has 0 saturated carbocycles. The smallest absolute Gasteiger partial charge is 0.264 e. The number of anilines is 6. The molecule has 0 fully saturated rings. The van der Waals surface area contributed by atoms with Gasteiger partial charge in [0.25, 0.3) is 6.71 Å². The second kappa shape index (κ2) is 12.4. The Kier molecular flexibility index (Phi) is 8.19. The average molecular weight is 759 g/mol. The van der Waals surface area contributed by atoms with Gasteiger partial charge in [0.2, 0.25) is 0 Å². The molecule has 1 aromatic heterocycles. The highest BCUT2D eigenvalue weighted by atomic mass is 32.1. The summed E-state index contributed by atoms with van der Waals surface area (Å²) in [6.45, 7) is 31.1. The van der Waals surface area contributed by atoms with Crippen molar-refractivity contribution in [2.24, 2.45) is 0 Å². The molecule has 3 aliphatic heterocycles. The Hall–Kier alpha value is -4.68. The number of aryl methyl sites for hydroxylation is 4. The normalized spacial score (nSPS) is 14.9. The first kappa shape index (κ1) is 36.9. The van der Waals surface area contributed by atoms with Crippen LogP contribution in [0.2, 0.25) is 0 Å². The van der Waals surface area contributed by atoms with Gasteiger partial charge < -0.3 is 19.3 Å². The Morgan fingerprint density at radius 1 is 0.536 bits per heavy atom. The van der Waals surface area contributed by atoms with Crippen molar-refractivity contribution in [3.8, 4) is 11.5 Å². The summed E-state index contributed by atoms with van der Waals surface area (Å²) in [5, 5.41) is 1.32. The molecule has 9 rings (SSSR count). The summed E-state index contributed by atoms with van der Waals surface area (Å²) in [6.07, 6.45) is 0. The molecule has 0 atom stereocenters. The number of ether oxygens (including phenoxy) is 2. The first-order valence-electron chi connectivity index (χ1n) is 20.3. The molecule has 6 aromatic rings. The number of thiophene rings is 1. The van der Waals surface area contributed by atoms with Crippen LogP contribution in [0.3, 0.4) is 0 Å². The SMILES string of the molecule is Cc1cc(C(C)(C)C)cc(C)c1N1c2cc3c(cc2B2c4sc5ccc(C(C)(C)C)cc5c4N(c4c(C)cc(C(C)(C)C)cc4C)c4cccc1c42)OCCO3. The zero-order valence-electron chi connectivity index (χ0n) is 35.5. The quantitative estimate of drug-likeness (QED) is 0.164. The molecule has 5 aromatic carbocycles. The molecule has 286 valence electrons. The zero-order chi connectivity index (χ0) is 39.8. The van der Waals surface area contributed by atoms with E-state index in [0.29, 0.717) is 13.2 Å². The van der Waals surface area contributed by atoms with E-state index in [4.69, 9.17) is 9.47 Å². The molecule has 0 saturated heterocycles. The predicted octanol–water partition coefficient (Wildman–Crippen LogP) is 11.9. The van der Waals surface area contributed by atoms with Crippen molar-refractivity contribution < 1.29 is 9.47 Å². The minimum absolute atomic E-state index is 0.00827. The molecule has 0 N–H and O–H groups in total. The third-order valence-electron chi connectivity index (χ3n) is 12.3. The van der Waals surface area contributed by atoms with Crippen LogP contribution in [-0.2, 0) is 16.2 Å². The van der Waals surface area contributed by atoms with E-state index in [-0.39, 0.29) is 23.0 Å². The molecular formula is C50H55BN2O2S. The highest BCUT2D eigenvalue weighted by Crippen LogP contribution is 2.52. The van der Waals surface area contributed by atoms with Crippen LogP contribution in [0.4, 0.5) is 34.1 Å². The van der Waals surface area contributed by atoms with Crippen LogP contribution in [0.25, 0.3) is 10.1 Å². The summed E-state index contributed by atoms with van der Waals surface area (Å²) in [5.74, 6) is 1.65. The average Bonchev–Trinajstić information content (AvgIpc) is 3.49. The third-order valence-corrected chi connectivity index (χ3v) is 13.5. The maximum absolute atomic E-state index is 6.37. The molecule has 0 aliphatic carbocycles. The van der Waals surface area contributed by atoms with Crippen molar-refractivity contribution in [1.29, 1.82) is 0 Å². The molecule has 0 spiro atoms. The molecule has 0 bridgehead atoms. The van der Waals surface area contributed by atoms with Gasteiger partial charge in [0.15, 0.2) is 11.5 Å². The van der Waals surface area contributed by atoms with Gasteiger partial charge in [-0.25, -0.2) is 0 Å². The molecule has 6 heteroatoms. The molecule has 56 heavy (non-hydrogen) atoms. The van der Waals surface area contributed by atoms with Crippen molar-refractivity contribution in [3.63, 3.8) is 0 Å². The number of rotatable bonds is 2. The van der Waals surface area contributed by atoms with Crippen molar-refractivity contribution in [2.45, 2.75) is 106 Å². The highest BCUT2D eigenvalue weighted by Gasteiger charge is 2.47. The lowest BCUT2D eigenvalue weighted by Crippen LogP contribution is -2.60. The summed E-state index contributed by atoms with van der Waals surface area (Å²) >= 11 is 1.95. The maximum Gasteiger partial charge on any atom is 0.264 e. The summed E-state index contributed by atoms with van der Waals surface area (Å²) in [7, 11) is 0. The van der Waals surface area contributed by atoms with Gasteiger partial charge in [-0.2, -0.15) is 0 Å². The van der Waals surface area contributed by atoms with E-state index in [0.717, 1.165) is 17.2 Å². The van der Waals surface area contributed by atoms with Crippen LogP contribution in [0.5, 0.6) is 11.5 Å². The largest absolute Gasteiger partial charge is 0.486 e. The summed E-state index contributed by atoms with van der Waals surface area (Å²) in [5.41, 5.74) is 19.3. The predicted molar refractivity (Wildman–Crippen MR) is 242 cm³/mol. The maximum atomic E-state index is 6.37. The van der Waals surface area contributed by atoms with Gasteiger partial charge in [-0.05, 0) is 124 Å². The van der Waals surface area contributed by atoms with E-state index < -0.39 is 0 Å². The molecule has 3 aliphatic rings. The van der Waals surface area contributed by atoms with Gasteiger partial charge >= 0.3 is 0 Å². The van der Waals surface area contributed by atoms with Crippen LogP contribution >= 0.6 is 11.3 Å². The van der Waals surface area contributed by atoms with E-state index >= 15 is 0 Å². The van der Waals surface area contributed by atoms with E-state index in [1.165, 1.54) is 93.2 Å². The summed E-state index contributed by atoms with van der Waals surface area (Å²) in [4.78, 5) is 5.17. The molecule has 4 heterocycles. The lowest BCUT2D eigenvalue weighted by molar-refractivity contribution is 0.172. The van der Waals surface area contributed by atoms with Gasteiger partial charge in [-0.15, -0.1) is 11.3 Å². The Bertz CT molecular complexity index is 2570. The van der Waals surface area contributed by atoms with E-state index in [1.54, 1.807) is 0 Å². The first-order chi connectivity index (χ1) is 26.3. The van der Waals surface area contributed by atoms with Gasteiger partial charge in [-0.1, -0.05) is 98.7 Å². The number of hydrogen-bond donors (Lipinski definition) is 0. The highest BCUT2D eigenvalue weighted by molar-refractivity contribution is 7.33. The lowest BCUT2D eigenvalue weighted by Gasteiger charge is -2.44. The number of hydrogen-bond acceptors (Lipinski definition) is 5. The Balaban J connectivity index is 1.41. The molecule has 4 nitrogen and oxygen atoms in total. The minimum Gasteiger partial charge on any atom is -0.486 e. The standard InChI is InChI=1S/C50H55BN2O2S/c1-28-21-33(49(8,9)10)22-29(2)44(28)52-37-15-14-16-38-43(37)51(36-26-40-41(27-39(36)52)55-20-19-54-40)47-46(35-25-32(48(5,6)7)17-18-42(35)56-47)53(38)45-30(3)23-34(24-31(45)4)50(11,12)13/h14-18,21-27H,19-20H2,1-13H3. The monoisotopic (exact) mass is 758 g/mol. The Labute approximate surface area is 338 Å². The van der Waals surface area contributed by atoms with Crippen molar-refractivity contribution in [2.75, 3.05) is 23.0 Å². The zero-order valence-corrected chi connectivity index (χ0v) is 36.4. The van der Waals surface area contributed by atoms with Crippen LogP contribution < -0.4 is 35.0 Å². The van der Waals surface area contributed by atoms with E-state index in [2.05, 4.69) is 173 Å². The minimum atomic E-state index is 0.00827. The van der Waals surface area contributed by atoms with Crippen LogP contribution in [0.1, 0.15) is 101 Å². The topological polar surface area (TPSA) is 24.9 Å². The van der Waals surface area contributed by atoms with Crippen molar-refractivity contribution in [1.82, 2.24) is 0 Å². The summed E-state index contributed by atoms with van der Waals surface area (Å²) in [6, 6.07) is 28.4. The second-order valence-corrected chi connectivity index (χ2v) is 20.6. The van der Waals surface area contributed by atoms with Crippen LogP contribution in [0, 0.1) is 27.7 Å². The second-order valence-electron chi connectivity index (χ2n) is 19.6. The van der Waals surface area contributed by atoms with Gasteiger partial charge in [-0.3, -0.25) is 0 Å². The third kappa shape index (κ3) is 5.61. The van der Waals surface area contributed by atoms with Crippen molar-refractivity contribution >= 4 is 78.0 Å². The van der Waals surface area contributed by atoms with E-state index in [1.807, 2.05) is 11.3 Å². The molecular weight excluding hydrogens is 703 g/mol. The van der Waals surface area contributed by atoms with Gasteiger partial charge in [0, 0.05) is 38.0 Å². The van der Waals surface area contributed by atoms with Gasteiger partial charge in [0.1, 0.15) is 13.2 Å². The Morgan fingerprint density at radius 3 is 1.57 bits per heavy atom. The van der Waals surface area contributed by atoms with E-state index in [9.17, 15) is 0 Å². The number of fused-ring (bicyclic) bond motifs is 7. The fourth-order valence-corrected chi connectivity index (χ4v) is 10.7. The molecule has 0 radical (unpaired) electrons. The molecule has 0 unspecified atom stereocenters. The fourth-order valence-electron chi connectivity index (χ4n) is 9.38. The fraction of sp³-hybridized carbons (Fsp3) is 0.360. The van der Waals surface area contributed by atoms with Gasteiger partial charge in [0.05, 0.1) is 17.1 Å². The number of benzene rings is 5. The number of nitrogens with zero attached hydrogens (tertiary/aromatic N) is 2. The first-order valence-corrected chi connectivity index (χ1v) is 21.1.